The molecule has 3 aromatic heterocycles. The first-order valence-corrected chi connectivity index (χ1v) is 13.0. The largest absolute Gasteiger partial charge is 0.455 e. The molecule has 1 atom stereocenters. The van der Waals surface area contributed by atoms with Crippen molar-refractivity contribution in [3.8, 4) is 11.5 Å². The van der Waals surface area contributed by atoms with E-state index in [1.165, 1.54) is 5.56 Å². The lowest BCUT2D eigenvalue weighted by atomic mass is 9.94. The van der Waals surface area contributed by atoms with Crippen LogP contribution in [0.15, 0.2) is 55.0 Å². The summed E-state index contributed by atoms with van der Waals surface area (Å²) < 4.78 is 6.01. The summed E-state index contributed by atoms with van der Waals surface area (Å²) in [7, 11) is 0. The Kier molecular flexibility index (Phi) is 6.89. The van der Waals surface area contributed by atoms with Gasteiger partial charge in [-0.05, 0) is 55.3 Å². The standard InChI is InChI=1S/C27H26ClN5O2S/c1-16-11-19(7-9-21(16)35-20-8-6-18(3)29-12-20)32-26-25-24-17(2)13-33(23(34)5-4-10-28)14-22(24)36-27(25)31-15-30-26/h4-9,11-12,15,17H,10,13-14H2,1-3H3,(H,30,31,32)/b5-4+. The van der Waals surface area contributed by atoms with Gasteiger partial charge in [-0.2, -0.15) is 0 Å². The van der Waals surface area contributed by atoms with E-state index in [-0.39, 0.29) is 11.8 Å². The van der Waals surface area contributed by atoms with Crippen molar-refractivity contribution in [3.63, 3.8) is 0 Å². The number of benzene rings is 1. The number of ether oxygens (including phenoxy) is 1. The van der Waals surface area contributed by atoms with Crippen LogP contribution in [0.1, 0.15) is 34.5 Å². The Balaban J connectivity index is 1.41. The van der Waals surface area contributed by atoms with E-state index < -0.39 is 0 Å². The van der Waals surface area contributed by atoms with Gasteiger partial charge in [-0.15, -0.1) is 22.9 Å². The van der Waals surface area contributed by atoms with Crippen LogP contribution in [0.5, 0.6) is 11.5 Å². The summed E-state index contributed by atoms with van der Waals surface area (Å²) in [6.45, 7) is 7.29. The van der Waals surface area contributed by atoms with Crippen LogP contribution in [0.25, 0.3) is 10.2 Å². The molecule has 0 saturated carbocycles. The minimum absolute atomic E-state index is 0.0192. The zero-order valence-electron chi connectivity index (χ0n) is 20.3. The van der Waals surface area contributed by atoms with Crippen LogP contribution in [0.4, 0.5) is 11.5 Å². The second-order valence-electron chi connectivity index (χ2n) is 8.86. The van der Waals surface area contributed by atoms with Gasteiger partial charge in [0.2, 0.25) is 5.91 Å². The molecule has 0 fully saturated rings. The Hall–Kier alpha value is -3.49. The van der Waals surface area contributed by atoms with E-state index in [0.717, 1.165) is 43.6 Å². The third kappa shape index (κ3) is 4.92. The summed E-state index contributed by atoms with van der Waals surface area (Å²) >= 11 is 7.32. The van der Waals surface area contributed by atoms with Crippen molar-refractivity contribution in [3.05, 3.63) is 76.7 Å². The summed E-state index contributed by atoms with van der Waals surface area (Å²) in [6, 6.07) is 9.80. The van der Waals surface area contributed by atoms with Crippen LogP contribution >= 0.6 is 22.9 Å². The average Bonchev–Trinajstić information content (AvgIpc) is 3.25. The lowest BCUT2D eigenvalue weighted by molar-refractivity contribution is -0.127. The second kappa shape index (κ2) is 10.2. The van der Waals surface area contributed by atoms with Gasteiger partial charge >= 0.3 is 0 Å². The molecule has 0 bridgehead atoms. The number of nitrogens with one attached hydrogen (secondary N) is 1. The molecule has 0 radical (unpaired) electrons. The van der Waals surface area contributed by atoms with E-state index in [0.29, 0.717) is 24.7 Å². The number of carbonyl (C=O) groups excluding carboxylic acids is 1. The van der Waals surface area contributed by atoms with Crippen molar-refractivity contribution in [1.82, 2.24) is 19.9 Å². The van der Waals surface area contributed by atoms with Crippen LogP contribution in [0, 0.1) is 13.8 Å². The zero-order valence-corrected chi connectivity index (χ0v) is 21.9. The van der Waals surface area contributed by atoms with Crippen LogP contribution in [0.2, 0.25) is 0 Å². The predicted octanol–water partition coefficient (Wildman–Crippen LogP) is 6.48. The van der Waals surface area contributed by atoms with E-state index in [9.17, 15) is 4.79 Å². The van der Waals surface area contributed by atoms with Gasteiger partial charge in [-0.1, -0.05) is 13.0 Å². The SMILES string of the molecule is Cc1ccc(Oc2ccc(Nc3ncnc4sc5c(c34)C(C)CN(C(=O)/C=C/CCl)C5)cc2C)cn1. The monoisotopic (exact) mass is 519 g/mol. The molecule has 4 aromatic rings. The molecule has 184 valence electrons. The molecule has 0 saturated heterocycles. The highest BCUT2D eigenvalue weighted by molar-refractivity contribution is 7.19. The minimum atomic E-state index is -0.0192. The number of amides is 1. The van der Waals surface area contributed by atoms with Gasteiger partial charge in [0.1, 0.15) is 28.5 Å². The third-order valence-corrected chi connectivity index (χ3v) is 7.41. The Morgan fingerprint density at radius 1 is 1.25 bits per heavy atom. The maximum Gasteiger partial charge on any atom is 0.246 e. The Labute approximate surface area is 218 Å². The molecule has 1 amide bonds. The number of rotatable bonds is 6. The van der Waals surface area contributed by atoms with Gasteiger partial charge in [0.25, 0.3) is 0 Å². The average molecular weight is 520 g/mol. The maximum atomic E-state index is 12.6. The molecule has 36 heavy (non-hydrogen) atoms. The van der Waals surface area contributed by atoms with Crippen LogP contribution < -0.4 is 10.1 Å². The highest BCUT2D eigenvalue weighted by atomic mass is 35.5. The molecule has 0 spiro atoms. The number of aromatic nitrogens is 3. The number of anilines is 2. The number of allylic oxidation sites excluding steroid dienone is 1. The quantitative estimate of drug-likeness (QED) is 0.232. The van der Waals surface area contributed by atoms with Gasteiger partial charge in [0.15, 0.2) is 0 Å². The Morgan fingerprint density at radius 2 is 2.11 bits per heavy atom. The molecular weight excluding hydrogens is 494 g/mol. The minimum Gasteiger partial charge on any atom is -0.455 e. The third-order valence-electron chi connectivity index (χ3n) is 6.13. The van der Waals surface area contributed by atoms with E-state index >= 15 is 0 Å². The van der Waals surface area contributed by atoms with Gasteiger partial charge in [-0.25, -0.2) is 9.97 Å². The Morgan fingerprint density at radius 3 is 2.86 bits per heavy atom. The normalized spacial score (nSPS) is 15.3. The molecule has 4 heterocycles. The number of alkyl halides is 1. The topological polar surface area (TPSA) is 80.2 Å². The first kappa shape index (κ1) is 24.2. The van der Waals surface area contributed by atoms with Crippen molar-refractivity contribution >= 4 is 50.6 Å². The second-order valence-corrected chi connectivity index (χ2v) is 10.3. The van der Waals surface area contributed by atoms with Crippen molar-refractivity contribution in [2.45, 2.75) is 33.2 Å². The molecule has 1 unspecified atom stereocenters. The predicted molar refractivity (Wildman–Crippen MR) is 145 cm³/mol. The number of hydrogen-bond donors (Lipinski definition) is 1. The molecule has 1 aliphatic rings. The number of hydrogen-bond acceptors (Lipinski definition) is 7. The number of pyridine rings is 1. The highest BCUT2D eigenvalue weighted by Crippen LogP contribution is 2.42. The van der Waals surface area contributed by atoms with E-state index in [2.05, 4.69) is 27.2 Å². The fourth-order valence-corrected chi connectivity index (χ4v) is 5.80. The molecule has 5 rings (SSSR count). The first-order chi connectivity index (χ1) is 17.4. The summed E-state index contributed by atoms with van der Waals surface area (Å²) in [6.07, 6.45) is 6.54. The molecule has 1 aromatic carbocycles. The summed E-state index contributed by atoms with van der Waals surface area (Å²) in [5.41, 5.74) is 4.06. The van der Waals surface area contributed by atoms with E-state index in [1.54, 1.807) is 36.0 Å². The molecular formula is C27H26ClN5O2S. The molecule has 1 N–H and O–H groups in total. The fraction of sp³-hybridized carbons (Fsp3) is 0.259. The van der Waals surface area contributed by atoms with Crippen molar-refractivity contribution < 1.29 is 9.53 Å². The Bertz CT molecular complexity index is 1450. The first-order valence-electron chi connectivity index (χ1n) is 11.7. The smallest absolute Gasteiger partial charge is 0.246 e. The number of aryl methyl sites for hydroxylation is 2. The lowest BCUT2D eigenvalue weighted by Crippen LogP contribution is -2.35. The van der Waals surface area contributed by atoms with Gasteiger partial charge in [0, 0.05) is 40.7 Å². The van der Waals surface area contributed by atoms with Gasteiger partial charge in [-0.3, -0.25) is 9.78 Å². The van der Waals surface area contributed by atoms with Crippen LogP contribution in [-0.2, 0) is 11.3 Å². The number of carbonyl (C=O) groups is 1. The lowest BCUT2D eigenvalue weighted by Gasteiger charge is -2.30. The van der Waals surface area contributed by atoms with Gasteiger partial charge in [0.05, 0.1) is 18.1 Å². The van der Waals surface area contributed by atoms with Crippen molar-refractivity contribution in [1.29, 1.82) is 0 Å². The fourth-order valence-electron chi connectivity index (χ4n) is 4.43. The van der Waals surface area contributed by atoms with Gasteiger partial charge < -0.3 is 15.0 Å². The summed E-state index contributed by atoms with van der Waals surface area (Å²) in [4.78, 5) is 29.9. The molecule has 7 nitrogen and oxygen atoms in total. The van der Waals surface area contributed by atoms with Crippen molar-refractivity contribution in [2.24, 2.45) is 0 Å². The number of halogens is 1. The number of thiophene rings is 1. The van der Waals surface area contributed by atoms with Crippen molar-refractivity contribution in [2.75, 3.05) is 17.7 Å². The van der Waals surface area contributed by atoms with E-state index in [1.807, 2.05) is 49.1 Å². The van der Waals surface area contributed by atoms with Crippen LogP contribution in [0.3, 0.4) is 0 Å². The zero-order chi connectivity index (χ0) is 25.2. The number of fused-ring (bicyclic) bond motifs is 3. The molecule has 1 aliphatic heterocycles. The molecule has 9 heteroatoms. The maximum absolute atomic E-state index is 12.6. The summed E-state index contributed by atoms with van der Waals surface area (Å²) in [5, 5.41) is 4.51. The summed E-state index contributed by atoms with van der Waals surface area (Å²) in [5.74, 6) is 2.70. The van der Waals surface area contributed by atoms with E-state index in [4.69, 9.17) is 16.3 Å². The molecule has 0 aliphatic carbocycles. The van der Waals surface area contributed by atoms with Crippen LogP contribution in [-0.4, -0.2) is 38.2 Å². The highest BCUT2D eigenvalue weighted by Gasteiger charge is 2.30. The number of nitrogens with zero attached hydrogens (tertiary/aromatic N) is 4.